The first-order chi connectivity index (χ1) is 8.27. The lowest BCUT2D eigenvalue weighted by Crippen LogP contribution is -2.27. The molecule has 0 saturated heterocycles. The summed E-state index contributed by atoms with van der Waals surface area (Å²) in [7, 11) is 1.75. The molecule has 0 aliphatic heterocycles. The molecule has 0 atom stereocenters. The summed E-state index contributed by atoms with van der Waals surface area (Å²) in [6.07, 6.45) is 5.92. The van der Waals surface area contributed by atoms with Crippen LogP contribution in [-0.4, -0.2) is 27.2 Å². The predicted octanol–water partition coefficient (Wildman–Crippen LogP) is 0.788. The Labute approximate surface area is 99.5 Å². The van der Waals surface area contributed by atoms with Crippen molar-refractivity contribution in [1.82, 2.24) is 20.1 Å². The monoisotopic (exact) mass is 230 g/mol. The largest absolute Gasteiger partial charge is 0.350 e. The van der Waals surface area contributed by atoms with E-state index in [0.29, 0.717) is 12.2 Å². The molecule has 2 aromatic rings. The number of nitrogens with zero attached hydrogens (tertiary/aromatic N) is 3. The summed E-state index contributed by atoms with van der Waals surface area (Å²) in [5.41, 5.74) is 1.67. The van der Waals surface area contributed by atoms with Crippen LogP contribution in [0, 0.1) is 0 Å². The second-order valence-corrected chi connectivity index (χ2v) is 3.71. The SMILES string of the molecule is Cn1nccc1C(=O)NCCc1cccnc1. The second-order valence-electron chi connectivity index (χ2n) is 3.71. The van der Waals surface area contributed by atoms with E-state index < -0.39 is 0 Å². The zero-order valence-corrected chi connectivity index (χ0v) is 9.63. The van der Waals surface area contributed by atoms with Gasteiger partial charge in [0.25, 0.3) is 5.91 Å². The molecular weight excluding hydrogens is 216 g/mol. The molecule has 0 fully saturated rings. The molecule has 0 aliphatic carbocycles. The number of aryl methyl sites for hydroxylation is 1. The normalized spacial score (nSPS) is 10.2. The smallest absolute Gasteiger partial charge is 0.269 e. The first kappa shape index (κ1) is 11.3. The Morgan fingerprint density at radius 1 is 1.41 bits per heavy atom. The molecule has 88 valence electrons. The number of hydrogen-bond donors (Lipinski definition) is 1. The van der Waals surface area contributed by atoms with Crippen molar-refractivity contribution in [3.63, 3.8) is 0 Å². The van der Waals surface area contributed by atoms with E-state index in [1.165, 1.54) is 0 Å². The van der Waals surface area contributed by atoms with Gasteiger partial charge in [-0.05, 0) is 24.1 Å². The fraction of sp³-hybridized carbons (Fsp3) is 0.250. The van der Waals surface area contributed by atoms with E-state index in [0.717, 1.165) is 12.0 Å². The molecule has 5 nitrogen and oxygen atoms in total. The highest BCUT2D eigenvalue weighted by molar-refractivity contribution is 5.92. The third kappa shape index (κ3) is 2.90. The van der Waals surface area contributed by atoms with E-state index >= 15 is 0 Å². The predicted molar refractivity (Wildman–Crippen MR) is 63.5 cm³/mol. The van der Waals surface area contributed by atoms with Gasteiger partial charge >= 0.3 is 0 Å². The summed E-state index contributed by atoms with van der Waals surface area (Å²) in [5, 5.41) is 6.80. The van der Waals surface area contributed by atoms with E-state index in [-0.39, 0.29) is 5.91 Å². The van der Waals surface area contributed by atoms with E-state index in [9.17, 15) is 4.79 Å². The number of hydrogen-bond acceptors (Lipinski definition) is 3. The summed E-state index contributed by atoms with van der Waals surface area (Å²) < 4.78 is 1.55. The van der Waals surface area contributed by atoms with Crippen molar-refractivity contribution in [2.24, 2.45) is 7.05 Å². The molecule has 0 radical (unpaired) electrons. The summed E-state index contributed by atoms with van der Waals surface area (Å²) >= 11 is 0. The highest BCUT2D eigenvalue weighted by Gasteiger charge is 2.08. The minimum absolute atomic E-state index is 0.103. The molecule has 2 heterocycles. The lowest BCUT2D eigenvalue weighted by Gasteiger charge is -2.05. The zero-order chi connectivity index (χ0) is 12.1. The van der Waals surface area contributed by atoms with Crippen LogP contribution in [0.4, 0.5) is 0 Å². The van der Waals surface area contributed by atoms with Gasteiger partial charge in [-0.2, -0.15) is 5.10 Å². The molecule has 0 spiro atoms. The molecule has 2 aromatic heterocycles. The number of aromatic nitrogens is 3. The van der Waals surface area contributed by atoms with Crippen LogP contribution in [-0.2, 0) is 13.5 Å². The number of rotatable bonds is 4. The molecule has 2 rings (SSSR count). The van der Waals surface area contributed by atoms with Crippen molar-refractivity contribution in [2.75, 3.05) is 6.54 Å². The average molecular weight is 230 g/mol. The van der Waals surface area contributed by atoms with Crippen molar-refractivity contribution in [2.45, 2.75) is 6.42 Å². The maximum atomic E-state index is 11.7. The first-order valence-corrected chi connectivity index (χ1v) is 5.42. The molecule has 0 saturated carbocycles. The quantitative estimate of drug-likeness (QED) is 0.844. The van der Waals surface area contributed by atoms with Gasteiger partial charge in [0.05, 0.1) is 0 Å². The minimum Gasteiger partial charge on any atom is -0.350 e. The van der Waals surface area contributed by atoms with E-state index in [1.807, 2.05) is 12.1 Å². The van der Waals surface area contributed by atoms with Gasteiger partial charge in [-0.3, -0.25) is 14.5 Å². The van der Waals surface area contributed by atoms with E-state index in [2.05, 4.69) is 15.4 Å². The Hall–Kier alpha value is -2.17. The highest BCUT2D eigenvalue weighted by atomic mass is 16.2. The van der Waals surface area contributed by atoms with Crippen LogP contribution in [0.2, 0.25) is 0 Å². The van der Waals surface area contributed by atoms with Crippen molar-refractivity contribution in [1.29, 1.82) is 0 Å². The number of carbonyl (C=O) groups excluding carboxylic acids is 1. The summed E-state index contributed by atoms with van der Waals surface area (Å²) in [6, 6.07) is 5.57. The summed E-state index contributed by atoms with van der Waals surface area (Å²) in [5.74, 6) is -0.103. The Kier molecular flexibility index (Phi) is 3.49. The van der Waals surface area contributed by atoms with Crippen LogP contribution in [0.25, 0.3) is 0 Å². The standard InChI is InChI=1S/C12H14N4O/c1-16-11(5-8-15-16)12(17)14-7-4-10-3-2-6-13-9-10/h2-3,5-6,8-9H,4,7H2,1H3,(H,14,17). The van der Waals surface area contributed by atoms with Gasteiger partial charge in [0.1, 0.15) is 5.69 Å². The lowest BCUT2D eigenvalue weighted by atomic mass is 10.2. The third-order valence-corrected chi connectivity index (χ3v) is 2.48. The fourth-order valence-corrected chi connectivity index (χ4v) is 1.55. The van der Waals surface area contributed by atoms with Gasteiger partial charge in [0.2, 0.25) is 0 Å². The van der Waals surface area contributed by atoms with Crippen LogP contribution in [0.15, 0.2) is 36.8 Å². The molecule has 0 aliphatic rings. The number of amides is 1. The number of carbonyl (C=O) groups is 1. The van der Waals surface area contributed by atoms with Gasteiger partial charge in [0, 0.05) is 32.2 Å². The van der Waals surface area contributed by atoms with Crippen LogP contribution in [0.1, 0.15) is 16.1 Å². The summed E-state index contributed by atoms with van der Waals surface area (Å²) in [4.78, 5) is 15.7. The second kappa shape index (κ2) is 5.25. The minimum atomic E-state index is -0.103. The van der Waals surface area contributed by atoms with Crippen molar-refractivity contribution < 1.29 is 4.79 Å². The van der Waals surface area contributed by atoms with Gasteiger partial charge < -0.3 is 5.32 Å². The molecule has 1 N–H and O–H groups in total. The molecule has 1 amide bonds. The van der Waals surface area contributed by atoms with E-state index in [1.54, 1.807) is 36.4 Å². The Morgan fingerprint density at radius 2 is 2.29 bits per heavy atom. The Morgan fingerprint density at radius 3 is 2.94 bits per heavy atom. The highest BCUT2D eigenvalue weighted by Crippen LogP contribution is 1.98. The Bertz CT molecular complexity index is 492. The number of pyridine rings is 1. The fourth-order valence-electron chi connectivity index (χ4n) is 1.55. The van der Waals surface area contributed by atoms with Crippen LogP contribution in [0.3, 0.4) is 0 Å². The maximum absolute atomic E-state index is 11.7. The number of nitrogens with one attached hydrogen (secondary N) is 1. The van der Waals surface area contributed by atoms with Gasteiger partial charge in [0.15, 0.2) is 0 Å². The zero-order valence-electron chi connectivity index (χ0n) is 9.63. The van der Waals surface area contributed by atoms with E-state index in [4.69, 9.17) is 0 Å². The molecule has 17 heavy (non-hydrogen) atoms. The van der Waals surface area contributed by atoms with Gasteiger partial charge in [-0.15, -0.1) is 0 Å². The molecule has 5 heteroatoms. The van der Waals surface area contributed by atoms with Crippen molar-refractivity contribution in [3.05, 3.63) is 48.0 Å². The van der Waals surface area contributed by atoms with Crippen molar-refractivity contribution >= 4 is 5.91 Å². The van der Waals surface area contributed by atoms with Crippen LogP contribution < -0.4 is 5.32 Å². The van der Waals surface area contributed by atoms with Crippen LogP contribution >= 0.6 is 0 Å². The van der Waals surface area contributed by atoms with Gasteiger partial charge in [-0.25, -0.2) is 0 Å². The van der Waals surface area contributed by atoms with Gasteiger partial charge in [-0.1, -0.05) is 6.07 Å². The molecule has 0 aromatic carbocycles. The molecular formula is C12H14N4O. The first-order valence-electron chi connectivity index (χ1n) is 5.42. The Balaban J connectivity index is 1.84. The molecule has 0 bridgehead atoms. The third-order valence-electron chi connectivity index (χ3n) is 2.48. The van der Waals surface area contributed by atoms with Crippen LogP contribution in [0.5, 0.6) is 0 Å². The summed E-state index contributed by atoms with van der Waals surface area (Å²) in [6.45, 7) is 0.593. The average Bonchev–Trinajstić information content (AvgIpc) is 2.77. The topological polar surface area (TPSA) is 59.8 Å². The lowest BCUT2D eigenvalue weighted by molar-refractivity contribution is 0.0944. The maximum Gasteiger partial charge on any atom is 0.269 e. The molecule has 0 unspecified atom stereocenters. The van der Waals surface area contributed by atoms with Crippen molar-refractivity contribution in [3.8, 4) is 0 Å².